The number of carbonyl (C=O) groups excluding carboxylic acids is 2. The third-order valence-electron chi connectivity index (χ3n) is 4.76. The Morgan fingerprint density at radius 3 is 2.38 bits per heavy atom. The van der Waals surface area contributed by atoms with Crippen LogP contribution in [-0.2, 0) is 30.9 Å². The molecular weight excluding hydrogens is 436 g/mol. The second-order valence-electron chi connectivity index (χ2n) is 7.58. The Morgan fingerprint density at radius 1 is 1.09 bits per heavy atom. The van der Waals surface area contributed by atoms with Gasteiger partial charge in [0.2, 0.25) is 10.0 Å². The summed E-state index contributed by atoms with van der Waals surface area (Å²) in [5.41, 5.74) is 5.95. The first-order chi connectivity index (χ1) is 15.1. The third-order valence-corrected chi connectivity index (χ3v) is 6.61. The SMILES string of the molecule is CC1CN(S(=O)(=O)c2ccc(C(=O)OCc3cccc(OCC(N)=O)c3)cc2)CC(C)O1. The predicted octanol–water partition coefficient (Wildman–Crippen LogP) is 1.71. The molecule has 1 aliphatic heterocycles. The van der Waals surface area contributed by atoms with Crippen molar-refractivity contribution in [3.05, 3.63) is 59.7 Å². The summed E-state index contributed by atoms with van der Waals surface area (Å²) in [6.07, 6.45) is -0.384. The van der Waals surface area contributed by atoms with Crippen LogP contribution < -0.4 is 10.5 Å². The van der Waals surface area contributed by atoms with Crippen molar-refractivity contribution in [1.82, 2.24) is 4.31 Å². The van der Waals surface area contributed by atoms with Gasteiger partial charge in [-0.05, 0) is 55.8 Å². The molecular formula is C22H26N2O7S. The first-order valence-electron chi connectivity index (χ1n) is 10.1. The largest absolute Gasteiger partial charge is 0.484 e. The third kappa shape index (κ3) is 6.06. The van der Waals surface area contributed by atoms with E-state index in [1.54, 1.807) is 24.3 Å². The molecule has 2 aromatic rings. The molecule has 1 heterocycles. The number of morpholine rings is 1. The van der Waals surface area contributed by atoms with Gasteiger partial charge in [0, 0.05) is 13.1 Å². The summed E-state index contributed by atoms with van der Waals surface area (Å²) in [5, 5.41) is 0. The number of benzene rings is 2. The first kappa shape index (κ1) is 23.7. The number of nitrogens with zero attached hydrogens (tertiary/aromatic N) is 1. The van der Waals surface area contributed by atoms with E-state index in [0.717, 1.165) is 0 Å². The average Bonchev–Trinajstić information content (AvgIpc) is 2.76. The molecule has 1 fully saturated rings. The van der Waals surface area contributed by atoms with Crippen LogP contribution in [0.1, 0.15) is 29.8 Å². The lowest BCUT2D eigenvalue weighted by molar-refractivity contribution is -0.119. The van der Waals surface area contributed by atoms with Crippen LogP contribution >= 0.6 is 0 Å². The van der Waals surface area contributed by atoms with Gasteiger partial charge in [-0.3, -0.25) is 4.79 Å². The van der Waals surface area contributed by atoms with Gasteiger partial charge < -0.3 is 19.9 Å². The van der Waals surface area contributed by atoms with Crippen LogP contribution in [0.4, 0.5) is 0 Å². The molecule has 0 bridgehead atoms. The Bertz CT molecular complexity index is 1060. The van der Waals surface area contributed by atoms with E-state index in [4.69, 9.17) is 19.9 Å². The number of esters is 1. The Hall–Kier alpha value is -2.95. The molecule has 32 heavy (non-hydrogen) atoms. The van der Waals surface area contributed by atoms with Crippen LogP contribution in [0.5, 0.6) is 5.75 Å². The van der Waals surface area contributed by atoms with E-state index in [0.29, 0.717) is 11.3 Å². The van der Waals surface area contributed by atoms with Gasteiger partial charge in [-0.2, -0.15) is 4.31 Å². The molecule has 0 aliphatic carbocycles. The number of ether oxygens (including phenoxy) is 3. The molecule has 0 spiro atoms. The molecule has 0 radical (unpaired) electrons. The molecule has 9 nitrogen and oxygen atoms in total. The van der Waals surface area contributed by atoms with Crippen LogP contribution in [0, 0.1) is 0 Å². The summed E-state index contributed by atoms with van der Waals surface area (Å²) in [4.78, 5) is 23.3. The molecule has 2 N–H and O–H groups in total. The molecule has 1 saturated heterocycles. The zero-order chi connectivity index (χ0) is 23.3. The standard InChI is InChI=1S/C22H26N2O7S/c1-15-11-24(12-16(2)31-15)32(27,28)20-8-6-18(7-9-20)22(26)30-13-17-4-3-5-19(10-17)29-14-21(23)25/h3-10,15-16H,11-14H2,1-2H3,(H2,23,25). The van der Waals surface area contributed by atoms with Gasteiger partial charge in [0.15, 0.2) is 6.61 Å². The van der Waals surface area contributed by atoms with E-state index >= 15 is 0 Å². The average molecular weight is 463 g/mol. The maximum absolute atomic E-state index is 12.9. The number of hydrogen-bond acceptors (Lipinski definition) is 7. The molecule has 0 saturated carbocycles. The Kier molecular flexibility index (Phi) is 7.49. The number of sulfonamides is 1. The summed E-state index contributed by atoms with van der Waals surface area (Å²) >= 11 is 0. The van der Waals surface area contributed by atoms with Gasteiger partial charge in [0.1, 0.15) is 12.4 Å². The predicted molar refractivity (Wildman–Crippen MR) is 115 cm³/mol. The van der Waals surface area contributed by atoms with E-state index in [9.17, 15) is 18.0 Å². The maximum atomic E-state index is 12.9. The van der Waals surface area contributed by atoms with Crippen LogP contribution in [0.15, 0.2) is 53.4 Å². The van der Waals surface area contributed by atoms with E-state index in [2.05, 4.69) is 0 Å². The molecule has 2 unspecified atom stereocenters. The minimum Gasteiger partial charge on any atom is -0.484 e. The number of carbonyl (C=O) groups is 2. The quantitative estimate of drug-likeness (QED) is 0.592. The van der Waals surface area contributed by atoms with Gasteiger partial charge in [0.25, 0.3) is 5.91 Å². The summed E-state index contributed by atoms with van der Waals surface area (Å²) in [6.45, 7) is 3.95. The molecule has 1 amide bonds. The number of amides is 1. The van der Waals surface area contributed by atoms with Crippen molar-refractivity contribution in [2.75, 3.05) is 19.7 Å². The number of primary amides is 1. The van der Waals surface area contributed by atoms with Crippen LogP contribution in [-0.4, -0.2) is 56.5 Å². The molecule has 0 aromatic heterocycles. The second kappa shape index (κ2) is 10.1. The van der Waals surface area contributed by atoms with Crippen molar-refractivity contribution in [2.45, 2.75) is 37.6 Å². The lowest BCUT2D eigenvalue weighted by Gasteiger charge is -2.34. The Morgan fingerprint density at radius 2 is 1.75 bits per heavy atom. The zero-order valence-electron chi connectivity index (χ0n) is 17.9. The van der Waals surface area contributed by atoms with E-state index < -0.39 is 21.9 Å². The summed E-state index contributed by atoms with van der Waals surface area (Å²) in [6, 6.07) is 12.4. The molecule has 3 rings (SSSR count). The Labute approximate surface area is 187 Å². The number of hydrogen-bond donors (Lipinski definition) is 1. The molecule has 172 valence electrons. The molecule has 2 atom stereocenters. The van der Waals surface area contributed by atoms with E-state index in [1.165, 1.54) is 28.6 Å². The Balaban J connectivity index is 1.62. The van der Waals surface area contributed by atoms with Crippen molar-refractivity contribution in [3.63, 3.8) is 0 Å². The lowest BCUT2D eigenvalue weighted by Crippen LogP contribution is -2.48. The fourth-order valence-electron chi connectivity index (χ4n) is 3.35. The van der Waals surface area contributed by atoms with Crippen molar-refractivity contribution in [3.8, 4) is 5.75 Å². The number of rotatable bonds is 8. The van der Waals surface area contributed by atoms with Crippen LogP contribution in [0.2, 0.25) is 0 Å². The van der Waals surface area contributed by atoms with Gasteiger partial charge in [0.05, 0.1) is 22.7 Å². The number of nitrogens with two attached hydrogens (primary N) is 1. The van der Waals surface area contributed by atoms with Crippen molar-refractivity contribution >= 4 is 21.9 Å². The highest BCUT2D eigenvalue weighted by atomic mass is 32.2. The summed E-state index contributed by atoms with van der Waals surface area (Å²) in [7, 11) is -3.69. The van der Waals surface area contributed by atoms with Crippen molar-refractivity contribution < 1.29 is 32.2 Å². The molecule has 1 aliphatic rings. The minimum atomic E-state index is -3.69. The van der Waals surface area contributed by atoms with Gasteiger partial charge in [-0.25, -0.2) is 13.2 Å². The highest BCUT2D eigenvalue weighted by Gasteiger charge is 2.32. The normalized spacial score (nSPS) is 19.3. The van der Waals surface area contributed by atoms with Crippen molar-refractivity contribution in [1.29, 1.82) is 0 Å². The summed E-state index contributed by atoms with van der Waals surface area (Å²) < 4.78 is 43.3. The fourth-order valence-corrected chi connectivity index (χ4v) is 4.94. The lowest BCUT2D eigenvalue weighted by atomic mass is 10.2. The van der Waals surface area contributed by atoms with E-state index in [-0.39, 0.29) is 49.0 Å². The molecule has 10 heteroatoms. The zero-order valence-corrected chi connectivity index (χ0v) is 18.7. The topological polar surface area (TPSA) is 125 Å². The van der Waals surface area contributed by atoms with Gasteiger partial charge in [-0.15, -0.1) is 0 Å². The van der Waals surface area contributed by atoms with Gasteiger partial charge >= 0.3 is 5.97 Å². The second-order valence-corrected chi connectivity index (χ2v) is 9.52. The fraction of sp³-hybridized carbons (Fsp3) is 0.364. The van der Waals surface area contributed by atoms with Crippen LogP contribution in [0.3, 0.4) is 0 Å². The molecule has 2 aromatic carbocycles. The van der Waals surface area contributed by atoms with Gasteiger partial charge in [-0.1, -0.05) is 12.1 Å². The monoisotopic (exact) mass is 462 g/mol. The minimum absolute atomic E-state index is 0.0176. The van der Waals surface area contributed by atoms with E-state index in [1.807, 2.05) is 13.8 Å². The first-order valence-corrected chi connectivity index (χ1v) is 11.5. The summed E-state index contributed by atoms with van der Waals surface area (Å²) in [5.74, 6) is -0.755. The smallest absolute Gasteiger partial charge is 0.338 e. The van der Waals surface area contributed by atoms with Crippen molar-refractivity contribution in [2.24, 2.45) is 5.73 Å². The highest BCUT2D eigenvalue weighted by Crippen LogP contribution is 2.22. The maximum Gasteiger partial charge on any atom is 0.338 e. The van der Waals surface area contributed by atoms with Crippen LogP contribution in [0.25, 0.3) is 0 Å². The highest BCUT2D eigenvalue weighted by molar-refractivity contribution is 7.89.